The number of aryl methyl sites for hydroxylation is 2. The molecule has 0 spiro atoms. The topological polar surface area (TPSA) is 51.9 Å². The normalized spacial score (nSPS) is 16.3. The van der Waals surface area contributed by atoms with E-state index in [1.807, 2.05) is 45.0 Å². The summed E-state index contributed by atoms with van der Waals surface area (Å²) in [5.41, 5.74) is 1.53. The maximum absolute atomic E-state index is 12.7. The molecule has 0 saturated carbocycles. The largest absolute Gasteiger partial charge is 0.486 e. The first kappa shape index (κ1) is 15.5. The molecule has 5 heteroatoms. The summed E-state index contributed by atoms with van der Waals surface area (Å²) >= 11 is 0. The number of para-hydroxylation sites is 2. The third-order valence-electron chi connectivity index (χ3n) is 4.17. The number of ether oxygens (including phenoxy) is 2. The first-order valence-electron chi connectivity index (χ1n) is 7.68. The molecule has 1 amide bonds. The van der Waals surface area contributed by atoms with Gasteiger partial charge in [0.15, 0.2) is 17.6 Å². The van der Waals surface area contributed by atoms with Gasteiger partial charge in [-0.1, -0.05) is 12.1 Å². The SMILES string of the molecule is Cc1oc(C)c(C(=O)N(C)C[C@H]2COc3ccccc3O2)c1C. The van der Waals surface area contributed by atoms with Crippen LogP contribution in [0.2, 0.25) is 0 Å². The Balaban J connectivity index is 1.70. The minimum absolute atomic E-state index is 0.0562. The first-order valence-corrected chi connectivity index (χ1v) is 7.68. The molecule has 1 aliphatic rings. The number of likely N-dealkylation sites (N-methyl/N-ethyl adjacent to an activating group) is 1. The van der Waals surface area contributed by atoms with Gasteiger partial charge in [0.05, 0.1) is 12.1 Å². The van der Waals surface area contributed by atoms with Crippen LogP contribution in [0.4, 0.5) is 0 Å². The number of nitrogens with zero attached hydrogens (tertiary/aromatic N) is 1. The van der Waals surface area contributed by atoms with Crippen molar-refractivity contribution in [3.05, 3.63) is 46.9 Å². The summed E-state index contributed by atoms with van der Waals surface area (Å²) in [5, 5.41) is 0. The third kappa shape index (κ3) is 2.91. The van der Waals surface area contributed by atoms with Gasteiger partial charge in [-0.25, -0.2) is 0 Å². The van der Waals surface area contributed by atoms with E-state index in [1.165, 1.54) is 0 Å². The minimum Gasteiger partial charge on any atom is -0.486 e. The molecule has 5 nitrogen and oxygen atoms in total. The summed E-state index contributed by atoms with van der Waals surface area (Å²) in [5.74, 6) is 2.85. The fourth-order valence-electron chi connectivity index (χ4n) is 2.84. The van der Waals surface area contributed by atoms with Crippen molar-refractivity contribution in [1.82, 2.24) is 4.90 Å². The highest BCUT2D eigenvalue weighted by Crippen LogP contribution is 2.31. The highest BCUT2D eigenvalue weighted by molar-refractivity contribution is 5.96. The van der Waals surface area contributed by atoms with Crippen molar-refractivity contribution in [2.75, 3.05) is 20.2 Å². The van der Waals surface area contributed by atoms with E-state index in [4.69, 9.17) is 13.9 Å². The van der Waals surface area contributed by atoms with Gasteiger partial charge in [-0.2, -0.15) is 0 Å². The van der Waals surface area contributed by atoms with Crippen LogP contribution in [0, 0.1) is 20.8 Å². The Morgan fingerprint density at radius 3 is 2.52 bits per heavy atom. The van der Waals surface area contributed by atoms with Crippen molar-refractivity contribution in [1.29, 1.82) is 0 Å². The van der Waals surface area contributed by atoms with Crippen molar-refractivity contribution in [3.63, 3.8) is 0 Å². The lowest BCUT2D eigenvalue weighted by Gasteiger charge is -2.29. The molecule has 2 heterocycles. The second-order valence-electron chi connectivity index (χ2n) is 5.90. The number of hydrogen-bond donors (Lipinski definition) is 0. The summed E-state index contributed by atoms with van der Waals surface area (Å²) in [6, 6.07) is 7.56. The summed E-state index contributed by atoms with van der Waals surface area (Å²) in [6.07, 6.45) is -0.188. The number of amides is 1. The van der Waals surface area contributed by atoms with Gasteiger partial charge in [0, 0.05) is 12.6 Å². The smallest absolute Gasteiger partial charge is 0.257 e. The van der Waals surface area contributed by atoms with Crippen LogP contribution in [0.1, 0.15) is 27.4 Å². The van der Waals surface area contributed by atoms with Gasteiger partial charge in [0.2, 0.25) is 0 Å². The van der Waals surface area contributed by atoms with Gasteiger partial charge < -0.3 is 18.8 Å². The van der Waals surface area contributed by atoms with E-state index >= 15 is 0 Å². The zero-order chi connectivity index (χ0) is 16.6. The summed E-state index contributed by atoms with van der Waals surface area (Å²) in [4.78, 5) is 14.3. The summed E-state index contributed by atoms with van der Waals surface area (Å²) < 4.78 is 17.2. The van der Waals surface area contributed by atoms with Gasteiger partial charge in [0.25, 0.3) is 5.91 Å². The van der Waals surface area contributed by atoms with Crippen molar-refractivity contribution in [2.45, 2.75) is 26.9 Å². The minimum atomic E-state index is -0.188. The van der Waals surface area contributed by atoms with E-state index in [2.05, 4.69) is 0 Å². The van der Waals surface area contributed by atoms with Crippen molar-refractivity contribution < 1.29 is 18.7 Å². The van der Waals surface area contributed by atoms with Crippen LogP contribution in [0.25, 0.3) is 0 Å². The van der Waals surface area contributed by atoms with E-state index in [-0.39, 0.29) is 12.0 Å². The highest BCUT2D eigenvalue weighted by Gasteiger charge is 2.27. The average molecular weight is 315 g/mol. The molecule has 1 aliphatic heterocycles. The van der Waals surface area contributed by atoms with Gasteiger partial charge in [-0.3, -0.25) is 4.79 Å². The van der Waals surface area contributed by atoms with Gasteiger partial charge >= 0.3 is 0 Å². The average Bonchev–Trinajstić information content (AvgIpc) is 2.79. The number of hydrogen-bond acceptors (Lipinski definition) is 4. The standard InChI is InChI=1S/C18H21NO4/c1-11-12(2)22-13(3)17(11)18(20)19(4)9-14-10-21-15-7-5-6-8-16(15)23-14/h5-8,14H,9-10H2,1-4H3/t14-/m0/s1. The Bertz CT molecular complexity index is 735. The van der Waals surface area contributed by atoms with Crippen molar-refractivity contribution >= 4 is 5.91 Å². The highest BCUT2D eigenvalue weighted by atomic mass is 16.6. The first-order chi connectivity index (χ1) is 11.0. The van der Waals surface area contributed by atoms with E-state index in [1.54, 1.807) is 11.9 Å². The third-order valence-corrected chi connectivity index (χ3v) is 4.17. The van der Waals surface area contributed by atoms with Crippen LogP contribution in [0.5, 0.6) is 11.5 Å². The predicted molar refractivity (Wildman–Crippen MR) is 86.2 cm³/mol. The molecule has 2 aromatic rings. The number of carbonyl (C=O) groups is 1. The summed E-state index contributed by atoms with van der Waals surface area (Å²) in [6.45, 7) is 6.47. The number of furan rings is 1. The lowest BCUT2D eigenvalue weighted by atomic mass is 10.1. The van der Waals surface area contributed by atoms with Crippen LogP contribution in [-0.4, -0.2) is 37.1 Å². The molecule has 0 saturated heterocycles. The summed E-state index contributed by atoms with van der Waals surface area (Å²) in [7, 11) is 1.77. The lowest BCUT2D eigenvalue weighted by Crippen LogP contribution is -2.42. The number of fused-ring (bicyclic) bond motifs is 1. The molecular formula is C18H21NO4. The second-order valence-corrected chi connectivity index (χ2v) is 5.90. The molecule has 1 aromatic carbocycles. The fourth-order valence-corrected chi connectivity index (χ4v) is 2.84. The molecule has 1 aromatic heterocycles. The number of rotatable bonds is 3. The fraction of sp³-hybridized carbons (Fsp3) is 0.389. The van der Waals surface area contributed by atoms with E-state index in [9.17, 15) is 4.79 Å². The Morgan fingerprint density at radius 1 is 1.17 bits per heavy atom. The Morgan fingerprint density at radius 2 is 1.87 bits per heavy atom. The number of benzene rings is 1. The molecule has 0 fully saturated rings. The zero-order valence-electron chi connectivity index (χ0n) is 13.9. The Hall–Kier alpha value is -2.43. The Kier molecular flexibility index (Phi) is 4.03. The lowest BCUT2D eigenvalue weighted by molar-refractivity contribution is 0.0519. The predicted octanol–water partition coefficient (Wildman–Crippen LogP) is 3.12. The van der Waals surface area contributed by atoms with Crippen LogP contribution in [-0.2, 0) is 0 Å². The quantitative estimate of drug-likeness (QED) is 0.873. The molecule has 0 bridgehead atoms. The van der Waals surface area contributed by atoms with Gasteiger partial charge in [0.1, 0.15) is 18.1 Å². The number of carbonyl (C=O) groups excluding carboxylic acids is 1. The maximum Gasteiger partial charge on any atom is 0.257 e. The van der Waals surface area contributed by atoms with Gasteiger partial charge in [-0.05, 0) is 32.9 Å². The van der Waals surface area contributed by atoms with Crippen LogP contribution >= 0.6 is 0 Å². The van der Waals surface area contributed by atoms with E-state index in [0.29, 0.717) is 24.5 Å². The van der Waals surface area contributed by atoms with Crippen molar-refractivity contribution in [2.24, 2.45) is 0 Å². The maximum atomic E-state index is 12.7. The van der Waals surface area contributed by atoms with Crippen LogP contribution in [0.3, 0.4) is 0 Å². The molecule has 122 valence electrons. The molecule has 0 unspecified atom stereocenters. The van der Waals surface area contributed by atoms with Crippen LogP contribution < -0.4 is 9.47 Å². The Labute approximate surface area is 135 Å². The van der Waals surface area contributed by atoms with Gasteiger partial charge in [-0.15, -0.1) is 0 Å². The van der Waals surface area contributed by atoms with Crippen molar-refractivity contribution in [3.8, 4) is 11.5 Å². The molecule has 0 aliphatic carbocycles. The monoisotopic (exact) mass is 315 g/mol. The molecule has 23 heavy (non-hydrogen) atoms. The molecule has 0 radical (unpaired) electrons. The van der Waals surface area contributed by atoms with E-state index < -0.39 is 0 Å². The molecule has 0 N–H and O–H groups in total. The molecule has 3 rings (SSSR count). The molecular weight excluding hydrogens is 294 g/mol. The van der Waals surface area contributed by atoms with E-state index in [0.717, 1.165) is 22.8 Å². The second kappa shape index (κ2) is 5.99. The van der Waals surface area contributed by atoms with Crippen LogP contribution in [0.15, 0.2) is 28.7 Å². The zero-order valence-corrected chi connectivity index (χ0v) is 13.9. The molecule has 1 atom stereocenters.